The number of benzene rings is 1. The van der Waals surface area contributed by atoms with Crippen LogP contribution in [-0.4, -0.2) is 43.1 Å². The molecule has 0 spiro atoms. The maximum Gasteiger partial charge on any atom is 0.325 e. The van der Waals surface area contributed by atoms with Gasteiger partial charge in [-0.15, -0.1) is 0 Å². The molecular formula is C14H17Cl2NO4. The molecule has 7 heteroatoms. The Morgan fingerprint density at radius 2 is 1.95 bits per heavy atom. The summed E-state index contributed by atoms with van der Waals surface area (Å²) in [4.78, 5) is 24.8. The van der Waals surface area contributed by atoms with Crippen LogP contribution in [0.5, 0.6) is 5.75 Å². The smallest absolute Gasteiger partial charge is 0.325 e. The van der Waals surface area contributed by atoms with E-state index in [9.17, 15) is 9.59 Å². The molecule has 0 aliphatic carbocycles. The summed E-state index contributed by atoms with van der Waals surface area (Å²) in [6.45, 7) is 3.26. The molecule has 0 radical (unpaired) electrons. The van der Waals surface area contributed by atoms with Crippen LogP contribution >= 0.6 is 23.2 Å². The van der Waals surface area contributed by atoms with Crippen LogP contribution in [0.3, 0.4) is 0 Å². The highest BCUT2D eigenvalue weighted by atomic mass is 35.5. The van der Waals surface area contributed by atoms with Crippen molar-refractivity contribution in [1.82, 2.24) is 4.90 Å². The Morgan fingerprint density at radius 3 is 2.48 bits per heavy atom. The molecule has 0 bridgehead atoms. The molecule has 1 rings (SSSR count). The van der Waals surface area contributed by atoms with E-state index in [2.05, 4.69) is 4.74 Å². The van der Waals surface area contributed by atoms with E-state index in [0.717, 1.165) is 0 Å². The average molecular weight is 334 g/mol. The third-order valence-corrected chi connectivity index (χ3v) is 3.25. The zero-order chi connectivity index (χ0) is 16.0. The van der Waals surface area contributed by atoms with Gasteiger partial charge < -0.3 is 14.4 Å². The highest BCUT2D eigenvalue weighted by molar-refractivity contribution is 6.35. The van der Waals surface area contributed by atoms with Gasteiger partial charge in [-0.1, -0.05) is 23.2 Å². The van der Waals surface area contributed by atoms with Gasteiger partial charge in [0.25, 0.3) is 5.91 Å². The molecule has 0 N–H and O–H groups in total. The first-order valence-corrected chi connectivity index (χ1v) is 7.05. The molecule has 1 amide bonds. The molecule has 116 valence electrons. The molecule has 0 saturated heterocycles. The van der Waals surface area contributed by atoms with Crippen LogP contribution in [0.2, 0.25) is 10.0 Å². The standard InChI is InChI=1S/C14H17Cl2NO4/c1-9(2)17(7-14(19)20-3)13(18)8-21-12-5-4-10(15)6-11(12)16/h4-6,9H,7-8H2,1-3H3. The zero-order valence-electron chi connectivity index (χ0n) is 12.1. The lowest BCUT2D eigenvalue weighted by atomic mass is 10.3. The van der Waals surface area contributed by atoms with Gasteiger partial charge in [0.1, 0.15) is 12.3 Å². The van der Waals surface area contributed by atoms with Gasteiger partial charge in [-0.2, -0.15) is 0 Å². The van der Waals surface area contributed by atoms with Gasteiger partial charge >= 0.3 is 5.97 Å². The summed E-state index contributed by atoms with van der Waals surface area (Å²) in [5, 5.41) is 0.799. The summed E-state index contributed by atoms with van der Waals surface area (Å²) >= 11 is 11.7. The van der Waals surface area contributed by atoms with Gasteiger partial charge in [0.15, 0.2) is 6.61 Å². The summed E-state index contributed by atoms with van der Waals surface area (Å²) in [6, 6.07) is 4.57. The normalized spacial score (nSPS) is 10.4. The second-order valence-electron chi connectivity index (χ2n) is 4.55. The van der Waals surface area contributed by atoms with Crippen LogP contribution in [-0.2, 0) is 14.3 Å². The molecule has 0 unspecified atom stereocenters. The molecule has 0 atom stereocenters. The maximum atomic E-state index is 12.1. The van der Waals surface area contributed by atoms with Crippen molar-refractivity contribution in [1.29, 1.82) is 0 Å². The predicted octanol–water partition coefficient (Wildman–Crippen LogP) is 2.78. The van der Waals surface area contributed by atoms with Crippen molar-refractivity contribution in [3.05, 3.63) is 28.2 Å². The molecule has 1 aromatic carbocycles. The average Bonchev–Trinajstić information content (AvgIpc) is 2.42. The van der Waals surface area contributed by atoms with E-state index in [1.54, 1.807) is 26.0 Å². The third-order valence-electron chi connectivity index (χ3n) is 2.72. The first-order chi connectivity index (χ1) is 9.85. The van der Waals surface area contributed by atoms with Crippen LogP contribution in [0.4, 0.5) is 0 Å². The van der Waals surface area contributed by atoms with Crippen LogP contribution in [0.25, 0.3) is 0 Å². The van der Waals surface area contributed by atoms with Gasteiger partial charge in [-0.3, -0.25) is 9.59 Å². The number of methoxy groups -OCH3 is 1. The Balaban J connectivity index is 2.67. The Kier molecular flexibility index (Phi) is 6.78. The molecule has 5 nitrogen and oxygen atoms in total. The second kappa shape index (κ2) is 8.10. The minimum Gasteiger partial charge on any atom is -0.482 e. The van der Waals surface area contributed by atoms with Crippen LogP contribution in [0.1, 0.15) is 13.8 Å². The SMILES string of the molecule is COC(=O)CN(C(=O)COc1ccc(Cl)cc1Cl)C(C)C. The van der Waals surface area contributed by atoms with Crippen LogP contribution < -0.4 is 4.74 Å². The van der Waals surface area contributed by atoms with Crippen LogP contribution in [0, 0.1) is 0 Å². The van der Waals surface area contributed by atoms with Gasteiger partial charge in [-0.25, -0.2) is 0 Å². The number of amides is 1. The van der Waals surface area contributed by atoms with Crippen LogP contribution in [0.15, 0.2) is 18.2 Å². The first kappa shape index (κ1) is 17.6. The lowest BCUT2D eigenvalue weighted by Gasteiger charge is -2.25. The number of carbonyl (C=O) groups excluding carboxylic acids is 2. The van der Waals surface area contributed by atoms with Gasteiger partial charge in [-0.05, 0) is 32.0 Å². The first-order valence-electron chi connectivity index (χ1n) is 6.29. The van der Waals surface area contributed by atoms with Crippen molar-refractivity contribution in [3.63, 3.8) is 0 Å². The third kappa shape index (κ3) is 5.44. The molecule has 0 aromatic heterocycles. The summed E-state index contributed by atoms with van der Waals surface area (Å²) < 4.78 is 9.93. The summed E-state index contributed by atoms with van der Waals surface area (Å²) in [5.74, 6) is -0.459. The van der Waals surface area contributed by atoms with Crippen molar-refractivity contribution >= 4 is 35.1 Å². The minimum atomic E-state index is -0.485. The molecule has 0 aliphatic heterocycles. The van der Waals surface area contributed by atoms with E-state index in [1.807, 2.05) is 0 Å². The molecule has 21 heavy (non-hydrogen) atoms. The Bertz CT molecular complexity index is 520. The van der Waals surface area contributed by atoms with E-state index >= 15 is 0 Å². The predicted molar refractivity (Wildman–Crippen MR) is 80.8 cm³/mol. The zero-order valence-corrected chi connectivity index (χ0v) is 13.6. The molecule has 0 fully saturated rings. The van der Waals surface area contributed by atoms with E-state index in [4.69, 9.17) is 27.9 Å². The van der Waals surface area contributed by atoms with Crippen molar-refractivity contribution in [3.8, 4) is 5.75 Å². The quantitative estimate of drug-likeness (QED) is 0.751. The Morgan fingerprint density at radius 1 is 1.29 bits per heavy atom. The monoisotopic (exact) mass is 333 g/mol. The molecule has 0 aliphatic rings. The molecule has 0 saturated carbocycles. The fraction of sp³-hybridized carbons (Fsp3) is 0.429. The fourth-order valence-corrected chi connectivity index (χ4v) is 2.04. The maximum absolute atomic E-state index is 12.1. The van der Waals surface area contributed by atoms with Crippen molar-refractivity contribution < 1.29 is 19.1 Å². The van der Waals surface area contributed by atoms with Gasteiger partial charge in [0.05, 0.1) is 12.1 Å². The van der Waals surface area contributed by atoms with Gasteiger partial charge in [0.2, 0.25) is 0 Å². The van der Waals surface area contributed by atoms with E-state index in [-0.39, 0.29) is 25.1 Å². The van der Waals surface area contributed by atoms with E-state index in [0.29, 0.717) is 15.8 Å². The highest BCUT2D eigenvalue weighted by Gasteiger charge is 2.21. The summed E-state index contributed by atoms with van der Waals surface area (Å²) in [7, 11) is 1.27. The lowest BCUT2D eigenvalue weighted by molar-refractivity contribution is -0.149. The number of nitrogens with zero attached hydrogens (tertiary/aromatic N) is 1. The van der Waals surface area contributed by atoms with Crippen molar-refractivity contribution in [2.45, 2.75) is 19.9 Å². The number of hydrogen-bond donors (Lipinski definition) is 0. The Labute approximate surface area is 133 Å². The number of esters is 1. The van der Waals surface area contributed by atoms with Crippen molar-refractivity contribution in [2.24, 2.45) is 0 Å². The number of ether oxygens (including phenoxy) is 2. The van der Waals surface area contributed by atoms with E-state index in [1.165, 1.54) is 18.1 Å². The summed E-state index contributed by atoms with van der Waals surface area (Å²) in [5.41, 5.74) is 0. The summed E-state index contributed by atoms with van der Waals surface area (Å²) in [6.07, 6.45) is 0. The molecular weight excluding hydrogens is 317 g/mol. The minimum absolute atomic E-state index is 0.120. The number of hydrogen-bond acceptors (Lipinski definition) is 4. The number of carbonyl (C=O) groups is 2. The fourth-order valence-electron chi connectivity index (χ4n) is 1.58. The Hall–Kier alpha value is -1.46. The highest BCUT2D eigenvalue weighted by Crippen LogP contribution is 2.27. The second-order valence-corrected chi connectivity index (χ2v) is 5.40. The largest absolute Gasteiger partial charge is 0.482 e. The number of halogens is 2. The lowest BCUT2D eigenvalue weighted by Crippen LogP contribution is -2.43. The topological polar surface area (TPSA) is 55.8 Å². The van der Waals surface area contributed by atoms with E-state index < -0.39 is 5.97 Å². The van der Waals surface area contributed by atoms with Gasteiger partial charge in [0, 0.05) is 11.1 Å². The molecule has 0 heterocycles. The number of rotatable bonds is 6. The molecule has 1 aromatic rings. The van der Waals surface area contributed by atoms with Crippen molar-refractivity contribution in [2.75, 3.05) is 20.3 Å².